The number of rotatable bonds is 4. The normalized spacial score (nSPS) is 11.5. The molecule has 0 aliphatic rings. The van der Waals surface area contributed by atoms with Crippen LogP contribution in [0.25, 0.3) is 11.0 Å². The monoisotopic (exact) mass is 433 g/mol. The average Bonchev–Trinajstić information content (AvgIpc) is 2.75. The summed E-state index contributed by atoms with van der Waals surface area (Å²) in [5.41, 5.74) is 3.19. The van der Waals surface area contributed by atoms with Crippen LogP contribution >= 0.6 is 11.6 Å². The third kappa shape index (κ3) is 4.44. The van der Waals surface area contributed by atoms with Gasteiger partial charge in [0.15, 0.2) is 11.3 Å². The number of pyridine rings is 1. The maximum Gasteiger partial charge on any atom is 0.262 e. The minimum atomic E-state index is -0.386. The second-order valence-corrected chi connectivity index (χ2v) is 7.41. The van der Waals surface area contributed by atoms with Gasteiger partial charge in [-0.25, -0.2) is 9.98 Å². The average molecular weight is 434 g/mol. The highest BCUT2D eigenvalue weighted by molar-refractivity contribution is 6.31. The van der Waals surface area contributed by atoms with E-state index in [-0.39, 0.29) is 17.0 Å². The first kappa shape index (κ1) is 20.6. The summed E-state index contributed by atoms with van der Waals surface area (Å²) in [4.78, 5) is 22.0. The number of nitrogens with one attached hydrogen (secondary N) is 1. The van der Waals surface area contributed by atoms with Gasteiger partial charge >= 0.3 is 0 Å². The van der Waals surface area contributed by atoms with Gasteiger partial charge in [0.2, 0.25) is 5.55 Å². The van der Waals surface area contributed by atoms with Crippen LogP contribution in [0, 0.1) is 13.8 Å². The summed E-state index contributed by atoms with van der Waals surface area (Å²) in [6, 6.07) is 18.0. The van der Waals surface area contributed by atoms with Gasteiger partial charge in [-0.2, -0.15) is 0 Å². The molecule has 2 aromatic carbocycles. The number of aryl methyl sites for hydroxylation is 2. The lowest BCUT2D eigenvalue weighted by molar-refractivity contribution is 0.102. The lowest BCUT2D eigenvalue weighted by Gasteiger charge is -2.09. The number of methoxy groups -OCH3 is 1. The number of para-hydroxylation sites is 1. The molecule has 0 aliphatic carbocycles. The molecule has 156 valence electrons. The Morgan fingerprint density at radius 3 is 2.65 bits per heavy atom. The van der Waals surface area contributed by atoms with E-state index in [9.17, 15) is 4.79 Å². The number of amides is 1. The Hall–Kier alpha value is -3.64. The fraction of sp³-hybridized carbons (Fsp3) is 0.125. The number of nitrogens with zero attached hydrogens (tertiary/aromatic N) is 2. The summed E-state index contributed by atoms with van der Waals surface area (Å²) in [6.45, 7) is 3.76. The molecule has 31 heavy (non-hydrogen) atoms. The van der Waals surface area contributed by atoms with Crippen molar-refractivity contribution in [3.05, 3.63) is 88.1 Å². The molecule has 0 bridgehead atoms. The molecule has 7 heteroatoms. The molecule has 0 radical (unpaired) electrons. The van der Waals surface area contributed by atoms with Gasteiger partial charge in [0, 0.05) is 16.1 Å². The second kappa shape index (κ2) is 8.62. The van der Waals surface area contributed by atoms with E-state index >= 15 is 0 Å². The van der Waals surface area contributed by atoms with Gasteiger partial charge < -0.3 is 14.5 Å². The summed E-state index contributed by atoms with van der Waals surface area (Å²) in [5.74, 6) is 0.604. The maximum absolute atomic E-state index is 13.1. The van der Waals surface area contributed by atoms with Gasteiger partial charge in [-0.3, -0.25) is 4.79 Å². The Kier molecular flexibility index (Phi) is 5.73. The number of anilines is 1. The molecule has 1 amide bonds. The smallest absolute Gasteiger partial charge is 0.262 e. The first-order valence-corrected chi connectivity index (χ1v) is 9.99. The van der Waals surface area contributed by atoms with Crippen molar-refractivity contribution in [2.24, 2.45) is 4.99 Å². The highest BCUT2D eigenvalue weighted by atomic mass is 35.5. The molecule has 1 N–H and O–H groups in total. The molecular weight excluding hydrogens is 414 g/mol. The Morgan fingerprint density at radius 1 is 1.10 bits per heavy atom. The molecule has 2 heterocycles. The topological polar surface area (TPSA) is 76.7 Å². The van der Waals surface area contributed by atoms with Crippen LogP contribution in [0.15, 0.2) is 70.1 Å². The van der Waals surface area contributed by atoms with E-state index in [1.165, 1.54) is 0 Å². The lowest BCUT2D eigenvalue weighted by Crippen LogP contribution is -2.22. The second-order valence-electron chi connectivity index (χ2n) is 7.01. The summed E-state index contributed by atoms with van der Waals surface area (Å²) < 4.78 is 11.5. The third-order valence-electron chi connectivity index (χ3n) is 4.72. The molecule has 4 aromatic rings. The van der Waals surface area contributed by atoms with Crippen LogP contribution in [0.4, 0.5) is 11.5 Å². The van der Waals surface area contributed by atoms with E-state index in [0.29, 0.717) is 33.2 Å². The molecule has 2 aromatic heterocycles. The number of benzene rings is 2. The van der Waals surface area contributed by atoms with Crippen LogP contribution < -0.4 is 15.6 Å². The number of carbonyl (C=O) groups is 1. The van der Waals surface area contributed by atoms with Crippen LogP contribution in [-0.4, -0.2) is 18.0 Å². The van der Waals surface area contributed by atoms with Gasteiger partial charge in [-0.05, 0) is 55.8 Å². The van der Waals surface area contributed by atoms with E-state index in [1.807, 2.05) is 50.2 Å². The minimum Gasteiger partial charge on any atom is -0.493 e. The largest absolute Gasteiger partial charge is 0.493 e. The molecule has 0 aliphatic heterocycles. The number of ether oxygens (including phenoxy) is 1. The SMILES string of the molecule is COc1cccc2cc(C(=O)Nc3cccc(C)n3)c(=Nc3ccc(C)c(Cl)c3)oc12. The molecule has 0 unspecified atom stereocenters. The van der Waals surface area contributed by atoms with Crippen molar-refractivity contribution in [3.8, 4) is 5.75 Å². The molecule has 0 spiro atoms. The molecule has 0 saturated carbocycles. The van der Waals surface area contributed by atoms with E-state index in [1.54, 1.807) is 31.4 Å². The highest BCUT2D eigenvalue weighted by Crippen LogP contribution is 2.26. The quantitative estimate of drug-likeness (QED) is 0.455. The predicted molar refractivity (Wildman–Crippen MR) is 121 cm³/mol. The van der Waals surface area contributed by atoms with Crippen molar-refractivity contribution < 1.29 is 13.9 Å². The van der Waals surface area contributed by atoms with Crippen LogP contribution in [-0.2, 0) is 0 Å². The van der Waals surface area contributed by atoms with Crippen LogP contribution in [0.3, 0.4) is 0 Å². The first-order chi connectivity index (χ1) is 14.9. The fourth-order valence-electron chi connectivity index (χ4n) is 3.10. The summed E-state index contributed by atoms with van der Waals surface area (Å²) >= 11 is 6.25. The number of halogens is 1. The van der Waals surface area contributed by atoms with Gasteiger partial charge in [-0.15, -0.1) is 0 Å². The number of hydrogen-bond acceptors (Lipinski definition) is 5. The van der Waals surface area contributed by atoms with Gasteiger partial charge in [0.05, 0.1) is 12.8 Å². The molecule has 0 atom stereocenters. The van der Waals surface area contributed by atoms with E-state index in [2.05, 4.69) is 15.3 Å². The van der Waals surface area contributed by atoms with Crippen LogP contribution in [0.5, 0.6) is 5.75 Å². The third-order valence-corrected chi connectivity index (χ3v) is 5.13. The van der Waals surface area contributed by atoms with Crippen LogP contribution in [0.1, 0.15) is 21.6 Å². The van der Waals surface area contributed by atoms with Crippen molar-refractivity contribution in [3.63, 3.8) is 0 Å². The number of aromatic nitrogens is 1. The molecule has 6 nitrogen and oxygen atoms in total. The summed E-state index contributed by atoms with van der Waals surface area (Å²) in [6.07, 6.45) is 0. The highest BCUT2D eigenvalue weighted by Gasteiger charge is 2.15. The minimum absolute atomic E-state index is 0.141. The summed E-state index contributed by atoms with van der Waals surface area (Å²) in [5, 5.41) is 4.10. The Labute approximate surface area is 184 Å². The van der Waals surface area contributed by atoms with Crippen molar-refractivity contribution in [2.45, 2.75) is 13.8 Å². The molecule has 0 fully saturated rings. The van der Waals surface area contributed by atoms with Crippen molar-refractivity contribution in [2.75, 3.05) is 12.4 Å². The fourth-order valence-corrected chi connectivity index (χ4v) is 3.27. The van der Waals surface area contributed by atoms with Crippen molar-refractivity contribution >= 4 is 40.0 Å². The number of fused-ring (bicyclic) bond motifs is 1. The van der Waals surface area contributed by atoms with Crippen LogP contribution in [0.2, 0.25) is 5.02 Å². The van der Waals surface area contributed by atoms with Crippen molar-refractivity contribution in [1.29, 1.82) is 0 Å². The Bertz CT molecular complexity index is 1360. The zero-order chi connectivity index (χ0) is 22.0. The zero-order valence-corrected chi connectivity index (χ0v) is 18.0. The number of carbonyl (C=O) groups excluding carboxylic acids is 1. The van der Waals surface area contributed by atoms with E-state index in [4.69, 9.17) is 20.8 Å². The standard InChI is InChI=1S/C24H20ClN3O3/c1-14-10-11-17(13-19(14)25)27-24-18(23(29)28-21-9-4-6-15(2)26-21)12-16-7-5-8-20(30-3)22(16)31-24/h4-13H,1-3H3,(H,26,28,29). The Morgan fingerprint density at radius 2 is 1.90 bits per heavy atom. The van der Waals surface area contributed by atoms with Gasteiger partial charge in [0.1, 0.15) is 11.4 Å². The van der Waals surface area contributed by atoms with Gasteiger partial charge in [0.25, 0.3) is 5.91 Å². The Balaban J connectivity index is 1.89. The number of hydrogen-bond donors (Lipinski definition) is 1. The molecular formula is C24H20ClN3O3. The first-order valence-electron chi connectivity index (χ1n) is 9.61. The predicted octanol–water partition coefficient (Wildman–Crippen LogP) is 5.59. The molecule has 0 saturated heterocycles. The zero-order valence-electron chi connectivity index (χ0n) is 17.3. The summed E-state index contributed by atoms with van der Waals surface area (Å²) in [7, 11) is 1.56. The molecule has 4 rings (SSSR count). The van der Waals surface area contributed by atoms with E-state index in [0.717, 1.165) is 11.3 Å². The van der Waals surface area contributed by atoms with E-state index < -0.39 is 0 Å². The van der Waals surface area contributed by atoms with Gasteiger partial charge in [-0.1, -0.05) is 35.9 Å². The van der Waals surface area contributed by atoms with Crippen molar-refractivity contribution in [1.82, 2.24) is 4.98 Å². The maximum atomic E-state index is 13.1. The lowest BCUT2D eigenvalue weighted by atomic mass is 10.1.